The summed E-state index contributed by atoms with van der Waals surface area (Å²) in [5.74, 6) is 0.492. The smallest absolute Gasteiger partial charge is 0.146 e. The molecule has 1 saturated heterocycles. The summed E-state index contributed by atoms with van der Waals surface area (Å²) in [5, 5.41) is 0. The van der Waals surface area contributed by atoms with Crippen molar-refractivity contribution in [3.05, 3.63) is 21.9 Å². The molecule has 1 aromatic rings. The topological polar surface area (TPSA) is 21.7 Å². The fourth-order valence-electron chi connectivity index (χ4n) is 4.75. The summed E-state index contributed by atoms with van der Waals surface area (Å²) in [7, 11) is 1.68. The van der Waals surface area contributed by atoms with Crippen LogP contribution in [0.5, 0.6) is 0 Å². The number of ether oxygens (including phenoxy) is 2. The minimum atomic E-state index is -0.267. The van der Waals surface area contributed by atoms with Gasteiger partial charge in [0.2, 0.25) is 0 Å². The molecule has 0 unspecified atom stereocenters. The molecular weight excluding hydrogens is 337 g/mol. The molecule has 2 atom stereocenters. The molecule has 0 radical (unpaired) electrons. The molecule has 0 N–H and O–H groups in total. The summed E-state index contributed by atoms with van der Waals surface area (Å²) in [5.41, 5.74) is 0.0750. The number of hydrogen-bond donors (Lipinski definition) is 0. The normalized spacial score (nSPS) is 28.3. The van der Waals surface area contributed by atoms with E-state index in [2.05, 4.69) is 17.0 Å². The SMILES string of the molecule is COCOC[C@@H]1CCCC[C@@]1(c1ccc(CCF)s1)N1CCCCC1. The minimum Gasteiger partial charge on any atom is -0.359 e. The molecule has 5 heteroatoms. The average Bonchev–Trinajstić information content (AvgIpc) is 3.12. The molecule has 0 aromatic carbocycles. The Kier molecular flexibility index (Phi) is 7.28. The lowest BCUT2D eigenvalue weighted by atomic mass is 9.70. The van der Waals surface area contributed by atoms with Gasteiger partial charge >= 0.3 is 0 Å². The van der Waals surface area contributed by atoms with Crippen LogP contribution in [0.25, 0.3) is 0 Å². The van der Waals surface area contributed by atoms with Gasteiger partial charge < -0.3 is 9.47 Å². The Morgan fingerprint density at radius 2 is 2.04 bits per heavy atom. The third-order valence-corrected chi connectivity index (χ3v) is 7.22. The number of methoxy groups -OCH3 is 1. The van der Waals surface area contributed by atoms with Crippen LogP contribution in [0.1, 0.15) is 54.7 Å². The van der Waals surface area contributed by atoms with Crippen molar-refractivity contribution in [1.82, 2.24) is 4.90 Å². The lowest BCUT2D eigenvalue weighted by Crippen LogP contribution is -2.55. The van der Waals surface area contributed by atoms with Crippen LogP contribution >= 0.6 is 11.3 Å². The van der Waals surface area contributed by atoms with Gasteiger partial charge in [0.25, 0.3) is 0 Å². The first-order chi connectivity index (χ1) is 12.3. The summed E-state index contributed by atoms with van der Waals surface area (Å²) >= 11 is 1.83. The Labute approximate surface area is 155 Å². The second-order valence-corrected chi connectivity index (χ2v) is 8.57. The fourth-order valence-corrected chi connectivity index (χ4v) is 6.06. The van der Waals surface area contributed by atoms with Gasteiger partial charge in [-0.05, 0) is 50.9 Å². The third-order valence-electron chi connectivity index (χ3n) is 5.91. The van der Waals surface area contributed by atoms with E-state index >= 15 is 0 Å². The lowest BCUT2D eigenvalue weighted by Gasteiger charge is -2.52. The molecule has 2 fully saturated rings. The maximum atomic E-state index is 12.8. The van der Waals surface area contributed by atoms with Crippen LogP contribution in [0.2, 0.25) is 0 Å². The number of rotatable bonds is 8. The summed E-state index contributed by atoms with van der Waals surface area (Å²) < 4.78 is 23.8. The quantitative estimate of drug-likeness (QED) is 0.487. The Bertz CT molecular complexity index is 518. The highest BCUT2D eigenvalue weighted by Crippen LogP contribution is 2.49. The van der Waals surface area contributed by atoms with Crippen LogP contribution < -0.4 is 0 Å². The standard InChI is InChI=1S/C20H32FNO2S/c1-23-16-24-15-17-7-3-4-11-20(17,22-13-5-2-6-14-22)19-9-8-18(25-19)10-12-21/h8-9,17H,2-7,10-16H2,1H3/t17-,20+/m0/s1. The maximum absolute atomic E-state index is 12.8. The van der Waals surface area contributed by atoms with E-state index in [1.54, 1.807) is 7.11 Å². The van der Waals surface area contributed by atoms with E-state index in [1.807, 2.05) is 11.3 Å². The monoisotopic (exact) mass is 369 g/mol. The molecule has 2 aliphatic rings. The van der Waals surface area contributed by atoms with E-state index in [4.69, 9.17) is 9.47 Å². The van der Waals surface area contributed by atoms with Crippen molar-refractivity contribution < 1.29 is 13.9 Å². The summed E-state index contributed by atoms with van der Waals surface area (Å²) in [6.07, 6.45) is 9.42. The van der Waals surface area contributed by atoms with Gasteiger partial charge in [-0.25, -0.2) is 0 Å². The van der Waals surface area contributed by atoms with E-state index < -0.39 is 0 Å². The molecule has 142 valence electrons. The number of likely N-dealkylation sites (tertiary alicyclic amines) is 1. The van der Waals surface area contributed by atoms with E-state index in [1.165, 1.54) is 67.8 Å². The Balaban J connectivity index is 1.90. The number of alkyl halides is 1. The van der Waals surface area contributed by atoms with Crippen LogP contribution in [0.15, 0.2) is 12.1 Å². The van der Waals surface area contributed by atoms with Crippen LogP contribution in [-0.4, -0.2) is 45.2 Å². The Morgan fingerprint density at radius 3 is 2.80 bits per heavy atom. The van der Waals surface area contributed by atoms with Crippen LogP contribution in [0.3, 0.4) is 0 Å². The average molecular weight is 370 g/mol. The molecule has 0 bridgehead atoms. The molecule has 1 aliphatic heterocycles. The fraction of sp³-hybridized carbons (Fsp3) is 0.800. The van der Waals surface area contributed by atoms with Crippen molar-refractivity contribution in [2.45, 2.75) is 56.9 Å². The van der Waals surface area contributed by atoms with E-state index in [0.717, 1.165) is 6.61 Å². The van der Waals surface area contributed by atoms with Crippen molar-refractivity contribution in [1.29, 1.82) is 0 Å². The van der Waals surface area contributed by atoms with Gasteiger partial charge in [0.1, 0.15) is 6.79 Å². The third kappa shape index (κ3) is 4.26. The van der Waals surface area contributed by atoms with Gasteiger partial charge in [0, 0.05) is 29.2 Å². The first-order valence-corrected chi connectivity index (χ1v) is 10.6. The van der Waals surface area contributed by atoms with E-state index in [9.17, 15) is 4.39 Å². The molecule has 25 heavy (non-hydrogen) atoms. The number of piperidine rings is 1. The van der Waals surface area contributed by atoms with Crippen LogP contribution in [0, 0.1) is 5.92 Å². The summed E-state index contributed by atoms with van der Waals surface area (Å²) in [6, 6.07) is 4.42. The molecule has 1 aliphatic carbocycles. The highest BCUT2D eigenvalue weighted by molar-refractivity contribution is 7.12. The number of thiophene rings is 1. The first kappa shape index (κ1) is 19.3. The molecule has 3 nitrogen and oxygen atoms in total. The van der Waals surface area contributed by atoms with E-state index in [-0.39, 0.29) is 12.2 Å². The molecule has 2 heterocycles. The number of halogens is 1. The highest BCUT2D eigenvalue weighted by atomic mass is 32.1. The maximum Gasteiger partial charge on any atom is 0.146 e. The van der Waals surface area contributed by atoms with Crippen LogP contribution in [-0.2, 0) is 21.4 Å². The molecule has 0 amide bonds. The van der Waals surface area contributed by atoms with Crippen molar-refractivity contribution in [3.8, 4) is 0 Å². The first-order valence-electron chi connectivity index (χ1n) is 9.78. The minimum absolute atomic E-state index is 0.0750. The molecule has 1 saturated carbocycles. The Hall–Kier alpha value is -0.490. The number of hydrogen-bond acceptors (Lipinski definition) is 4. The summed E-state index contributed by atoms with van der Waals surface area (Å²) in [4.78, 5) is 5.35. The molecule has 0 spiro atoms. The van der Waals surface area contributed by atoms with Gasteiger partial charge in [-0.2, -0.15) is 0 Å². The number of aryl methyl sites for hydroxylation is 1. The lowest BCUT2D eigenvalue weighted by molar-refractivity contribution is -0.0916. The second-order valence-electron chi connectivity index (χ2n) is 7.40. The molecular formula is C20H32FNO2S. The van der Waals surface area contributed by atoms with Gasteiger partial charge in [-0.3, -0.25) is 9.29 Å². The highest BCUT2D eigenvalue weighted by Gasteiger charge is 2.47. The van der Waals surface area contributed by atoms with Crippen LogP contribution in [0.4, 0.5) is 4.39 Å². The summed E-state index contributed by atoms with van der Waals surface area (Å²) in [6.45, 7) is 3.20. The van der Waals surface area contributed by atoms with Gasteiger partial charge in [0.05, 0.1) is 18.8 Å². The number of nitrogens with zero attached hydrogens (tertiary/aromatic N) is 1. The van der Waals surface area contributed by atoms with Crippen molar-refractivity contribution in [2.75, 3.05) is 40.3 Å². The zero-order valence-electron chi connectivity index (χ0n) is 15.5. The Morgan fingerprint density at radius 1 is 1.20 bits per heavy atom. The van der Waals surface area contributed by atoms with Gasteiger partial charge in [0.15, 0.2) is 0 Å². The zero-order valence-corrected chi connectivity index (χ0v) is 16.3. The molecule has 1 aromatic heterocycles. The predicted molar refractivity (Wildman–Crippen MR) is 101 cm³/mol. The predicted octanol–water partition coefficient (Wildman–Crippen LogP) is 4.75. The van der Waals surface area contributed by atoms with Crippen molar-refractivity contribution in [3.63, 3.8) is 0 Å². The zero-order chi connectivity index (χ0) is 17.5. The van der Waals surface area contributed by atoms with E-state index in [0.29, 0.717) is 19.1 Å². The molecule has 3 rings (SSSR count). The second kappa shape index (κ2) is 9.45. The van der Waals surface area contributed by atoms with Gasteiger partial charge in [-0.1, -0.05) is 19.3 Å². The largest absolute Gasteiger partial charge is 0.359 e. The van der Waals surface area contributed by atoms with Gasteiger partial charge in [-0.15, -0.1) is 11.3 Å². The van der Waals surface area contributed by atoms with Crippen molar-refractivity contribution >= 4 is 11.3 Å². The van der Waals surface area contributed by atoms with Crippen molar-refractivity contribution in [2.24, 2.45) is 5.92 Å².